The first-order chi connectivity index (χ1) is 9.13. The van der Waals surface area contributed by atoms with Crippen molar-refractivity contribution in [2.45, 2.75) is 12.8 Å². The Morgan fingerprint density at radius 3 is 2.58 bits per heavy atom. The molecular weight excluding hydrogens is 285 g/mol. The van der Waals surface area contributed by atoms with Gasteiger partial charge in [0.2, 0.25) is 11.7 Å². The van der Waals surface area contributed by atoms with Crippen LogP contribution in [0.3, 0.4) is 0 Å². The highest BCUT2D eigenvalue weighted by atomic mass is 35.5. The second kappa shape index (κ2) is 5.12. The lowest BCUT2D eigenvalue weighted by Gasteiger charge is -2.07. The van der Waals surface area contributed by atoms with E-state index in [-0.39, 0.29) is 5.92 Å². The zero-order valence-corrected chi connectivity index (χ0v) is 11.9. The highest BCUT2D eigenvalue weighted by Gasteiger charge is 2.29. The summed E-state index contributed by atoms with van der Waals surface area (Å²) in [5, 5.41) is 8.45. The fourth-order valence-electron chi connectivity index (χ4n) is 2.33. The number of hydrogen-bond acceptors (Lipinski definition) is 4. The third-order valence-electron chi connectivity index (χ3n) is 3.40. The first kappa shape index (κ1) is 12.9. The molecular formula is C13H13Cl2N3O. The SMILES string of the molecule is C[C@@H]1CNC[C@H]1c1nc(-c2cc(Cl)cc(Cl)c2)no1. The Balaban J connectivity index is 1.92. The van der Waals surface area contributed by atoms with Crippen LogP contribution in [0.2, 0.25) is 10.0 Å². The molecule has 2 heterocycles. The second-order valence-corrected chi connectivity index (χ2v) is 5.73. The lowest BCUT2D eigenvalue weighted by Crippen LogP contribution is -2.08. The van der Waals surface area contributed by atoms with Crippen LogP contribution in [0.4, 0.5) is 0 Å². The maximum Gasteiger partial charge on any atom is 0.231 e. The van der Waals surface area contributed by atoms with Gasteiger partial charge >= 0.3 is 0 Å². The fourth-order valence-corrected chi connectivity index (χ4v) is 2.85. The van der Waals surface area contributed by atoms with E-state index in [1.54, 1.807) is 18.2 Å². The highest BCUT2D eigenvalue weighted by Crippen LogP contribution is 2.30. The van der Waals surface area contributed by atoms with Gasteiger partial charge in [-0.1, -0.05) is 35.3 Å². The summed E-state index contributed by atoms with van der Waals surface area (Å²) in [5.74, 6) is 1.97. The number of hydrogen-bond donors (Lipinski definition) is 1. The van der Waals surface area contributed by atoms with Gasteiger partial charge in [-0.25, -0.2) is 0 Å². The molecule has 0 radical (unpaired) electrons. The van der Waals surface area contributed by atoms with Crippen LogP contribution in [0, 0.1) is 5.92 Å². The topological polar surface area (TPSA) is 51.0 Å². The molecule has 1 fully saturated rings. The van der Waals surface area contributed by atoms with Crippen LogP contribution in [0.1, 0.15) is 18.7 Å². The van der Waals surface area contributed by atoms with Crippen LogP contribution in [0.15, 0.2) is 22.7 Å². The van der Waals surface area contributed by atoms with E-state index < -0.39 is 0 Å². The first-order valence-electron chi connectivity index (χ1n) is 6.14. The standard InChI is InChI=1S/C13H13Cl2N3O/c1-7-5-16-6-11(7)13-17-12(18-19-13)8-2-9(14)4-10(15)3-8/h2-4,7,11,16H,5-6H2,1H3/t7-,11-/m1/s1. The molecule has 2 aromatic rings. The third-order valence-corrected chi connectivity index (χ3v) is 3.83. The average Bonchev–Trinajstić information content (AvgIpc) is 2.95. The number of nitrogens with zero attached hydrogens (tertiary/aromatic N) is 2. The molecule has 1 aromatic heterocycles. The normalized spacial score (nSPS) is 22.9. The van der Waals surface area contributed by atoms with Gasteiger partial charge in [-0.3, -0.25) is 0 Å². The van der Waals surface area contributed by atoms with Gasteiger partial charge in [0.25, 0.3) is 0 Å². The molecule has 1 saturated heterocycles. The Morgan fingerprint density at radius 2 is 1.95 bits per heavy atom. The molecule has 3 rings (SSSR count). The van der Waals surface area contributed by atoms with Gasteiger partial charge < -0.3 is 9.84 Å². The van der Waals surface area contributed by atoms with E-state index in [1.165, 1.54) is 0 Å². The number of benzene rings is 1. The minimum Gasteiger partial charge on any atom is -0.339 e. The molecule has 0 amide bonds. The zero-order valence-electron chi connectivity index (χ0n) is 10.4. The zero-order chi connectivity index (χ0) is 13.4. The van der Waals surface area contributed by atoms with Crippen molar-refractivity contribution in [3.8, 4) is 11.4 Å². The molecule has 1 aromatic carbocycles. The van der Waals surface area contributed by atoms with E-state index in [2.05, 4.69) is 22.4 Å². The molecule has 100 valence electrons. The van der Waals surface area contributed by atoms with Crippen LogP contribution in [-0.2, 0) is 0 Å². The van der Waals surface area contributed by atoms with Crippen molar-refractivity contribution in [2.75, 3.05) is 13.1 Å². The molecule has 6 heteroatoms. The predicted molar refractivity (Wildman–Crippen MR) is 74.5 cm³/mol. The highest BCUT2D eigenvalue weighted by molar-refractivity contribution is 6.35. The summed E-state index contributed by atoms with van der Waals surface area (Å²) in [4.78, 5) is 4.46. The molecule has 1 aliphatic rings. The summed E-state index contributed by atoms with van der Waals surface area (Å²) in [5.41, 5.74) is 0.770. The Hall–Kier alpha value is -1.10. The summed E-state index contributed by atoms with van der Waals surface area (Å²) < 4.78 is 5.37. The smallest absolute Gasteiger partial charge is 0.231 e. The summed E-state index contributed by atoms with van der Waals surface area (Å²) in [6.45, 7) is 4.02. The van der Waals surface area contributed by atoms with E-state index in [9.17, 15) is 0 Å². The second-order valence-electron chi connectivity index (χ2n) is 4.86. The van der Waals surface area contributed by atoms with Crippen LogP contribution < -0.4 is 5.32 Å². The Morgan fingerprint density at radius 1 is 1.21 bits per heavy atom. The van der Waals surface area contributed by atoms with E-state index in [4.69, 9.17) is 27.7 Å². The van der Waals surface area contributed by atoms with Crippen molar-refractivity contribution >= 4 is 23.2 Å². The molecule has 0 unspecified atom stereocenters. The number of halogens is 2. The Bertz CT molecular complexity index is 579. The van der Waals surface area contributed by atoms with E-state index in [0.29, 0.717) is 27.7 Å². The molecule has 1 aliphatic heterocycles. The molecule has 0 bridgehead atoms. The predicted octanol–water partition coefficient (Wildman–Crippen LogP) is 3.37. The van der Waals surface area contributed by atoms with Gasteiger partial charge in [0.05, 0.1) is 5.92 Å². The average molecular weight is 298 g/mol. The van der Waals surface area contributed by atoms with Crippen LogP contribution in [-0.4, -0.2) is 23.2 Å². The summed E-state index contributed by atoms with van der Waals surface area (Å²) in [6, 6.07) is 5.23. The maximum atomic E-state index is 5.98. The van der Waals surface area contributed by atoms with Gasteiger partial charge in [0.1, 0.15) is 0 Å². The van der Waals surface area contributed by atoms with Crippen LogP contribution >= 0.6 is 23.2 Å². The summed E-state index contributed by atoms with van der Waals surface area (Å²) in [7, 11) is 0. The van der Waals surface area contributed by atoms with Crippen molar-refractivity contribution in [3.63, 3.8) is 0 Å². The first-order valence-corrected chi connectivity index (χ1v) is 6.90. The minimum atomic E-state index is 0.274. The number of aromatic nitrogens is 2. The monoisotopic (exact) mass is 297 g/mol. The van der Waals surface area contributed by atoms with Crippen molar-refractivity contribution in [1.29, 1.82) is 0 Å². The largest absolute Gasteiger partial charge is 0.339 e. The fraction of sp³-hybridized carbons (Fsp3) is 0.385. The van der Waals surface area contributed by atoms with Crippen molar-refractivity contribution in [2.24, 2.45) is 5.92 Å². The quantitative estimate of drug-likeness (QED) is 0.923. The molecule has 0 aliphatic carbocycles. The van der Waals surface area contributed by atoms with Gasteiger partial charge in [-0.2, -0.15) is 4.98 Å². The van der Waals surface area contributed by atoms with Gasteiger partial charge in [0, 0.05) is 22.2 Å². The molecule has 1 N–H and O–H groups in total. The number of rotatable bonds is 2. The Labute approximate surface area is 121 Å². The van der Waals surface area contributed by atoms with E-state index in [0.717, 1.165) is 18.7 Å². The lowest BCUT2D eigenvalue weighted by atomic mass is 9.98. The van der Waals surface area contributed by atoms with Crippen LogP contribution in [0.25, 0.3) is 11.4 Å². The van der Waals surface area contributed by atoms with Crippen LogP contribution in [0.5, 0.6) is 0 Å². The number of nitrogens with one attached hydrogen (secondary N) is 1. The lowest BCUT2D eigenvalue weighted by molar-refractivity contribution is 0.340. The maximum absolute atomic E-state index is 5.98. The van der Waals surface area contributed by atoms with Crippen molar-refractivity contribution in [3.05, 3.63) is 34.1 Å². The van der Waals surface area contributed by atoms with Gasteiger partial charge in [-0.15, -0.1) is 0 Å². The minimum absolute atomic E-state index is 0.274. The molecule has 4 nitrogen and oxygen atoms in total. The third kappa shape index (κ3) is 2.61. The molecule has 19 heavy (non-hydrogen) atoms. The molecule has 2 atom stereocenters. The van der Waals surface area contributed by atoms with Crippen molar-refractivity contribution < 1.29 is 4.52 Å². The van der Waals surface area contributed by atoms with E-state index in [1.807, 2.05) is 0 Å². The summed E-state index contributed by atoms with van der Waals surface area (Å²) in [6.07, 6.45) is 0. The van der Waals surface area contributed by atoms with Gasteiger partial charge in [-0.05, 0) is 30.7 Å². The Kier molecular flexibility index (Phi) is 3.48. The molecule has 0 spiro atoms. The van der Waals surface area contributed by atoms with Gasteiger partial charge in [0.15, 0.2) is 0 Å². The van der Waals surface area contributed by atoms with E-state index >= 15 is 0 Å². The molecule has 0 saturated carbocycles. The van der Waals surface area contributed by atoms with Crippen molar-refractivity contribution in [1.82, 2.24) is 15.5 Å². The summed E-state index contributed by atoms with van der Waals surface area (Å²) >= 11 is 12.0.